The Kier molecular flexibility index (Phi) is 4.41. The topological polar surface area (TPSA) is 84.3 Å². The van der Waals surface area contributed by atoms with Gasteiger partial charge in [-0.3, -0.25) is 0 Å². The number of nitrogens with one attached hydrogen (secondary N) is 1. The van der Waals surface area contributed by atoms with Crippen molar-refractivity contribution in [1.82, 2.24) is 9.97 Å². The molecule has 0 unspecified atom stereocenters. The summed E-state index contributed by atoms with van der Waals surface area (Å²) < 4.78 is 11.4. The zero-order valence-corrected chi connectivity index (χ0v) is 14.4. The largest absolute Gasteiger partial charge is 0.465 e. The minimum atomic E-state index is 0.0683. The number of aliphatic hydroxyl groups excluding tert-OH is 1. The molecule has 3 aromatic heterocycles. The minimum Gasteiger partial charge on any atom is -0.465 e. The summed E-state index contributed by atoms with van der Waals surface area (Å²) in [6, 6.07) is 13.6. The van der Waals surface area contributed by atoms with E-state index in [1.54, 1.807) is 6.33 Å². The van der Waals surface area contributed by atoms with Gasteiger partial charge in [-0.1, -0.05) is 0 Å². The van der Waals surface area contributed by atoms with Gasteiger partial charge >= 0.3 is 0 Å². The van der Waals surface area contributed by atoms with Gasteiger partial charge in [0.2, 0.25) is 0 Å². The van der Waals surface area contributed by atoms with Crippen molar-refractivity contribution in [2.24, 2.45) is 0 Å². The molecule has 132 valence electrons. The van der Waals surface area contributed by atoms with Crippen LogP contribution in [0.3, 0.4) is 0 Å². The number of hydrogen-bond acceptors (Lipinski definition) is 6. The fraction of sp³-hybridized carbons (Fsp3) is 0.200. The van der Waals surface area contributed by atoms with Gasteiger partial charge in [0.25, 0.3) is 0 Å². The van der Waals surface area contributed by atoms with Gasteiger partial charge in [0.05, 0.1) is 18.7 Å². The van der Waals surface area contributed by atoms with Crippen LogP contribution in [0.15, 0.2) is 57.6 Å². The third kappa shape index (κ3) is 3.32. The van der Waals surface area contributed by atoms with Crippen molar-refractivity contribution in [1.29, 1.82) is 0 Å². The molecule has 26 heavy (non-hydrogen) atoms. The second-order valence-corrected chi connectivity index (χ2v) is 6.06. The number of rotatable bonds is 6. The van der Waals surface area contributed by atoms with Crippen LogP contribution in [-0.2, 0) is 13.0 Å². The number of benzene rings is 1. The molecular weight excluding hydrogens is 330 g/mol. The molecule has 0 saturated heterocycles. The predicted octanol–water partition coefficient (Wildman–Crippen LogP) is 3.94. The molecule has 0 saturated carbocycles. The normalized spacial score (nSPS) is 11.2. The first-order valence-electron chi connectivity index (χ1n) is 8.47. The predicted molar refractivity (Wildman–Crippen MR) is 98.8 cm³/mol. The Morgan fingerprint density at radius 2 is 1.88 bits per heavy atom. The average Bonchev–Trinajstić information content (AvgIpc) is 3.29. The second kappa shape index (κ2) is 7.01. The third-order valence-corrected chi connectivity index (χ3v) is 4.17. The quantitative estimate of drug-likeness (QED) is 0.548. The highest BCUT2D eigenvalue weighted by molar-refractivity contribution is 5.92. The lowest BCUT2D eigenvalue weighted by Gasteiger charge is -2.08. The molecule has 2 N–H and O–H groups in total. The number of anilines is 1. The maximum atomic E-state index is 9.04. The highest BCUT2D eigenvalue weighted by Crippen LogP contribution is 2.28. The molecule has 0 spiro atoms. The van der Waals surface area contributed by atoms with Gasteiger partial charge in [0.15, 0.2) is 0 Å². The van der Waals surface area contributed by atoms with Crippen molar-refractivity contribution in [3.8, 4) is 11.3 Å². The molecule has 6 nitrogen and oxygen atoms in total. The summed E-state index contributed by atoms with van der Waals surface area (Å²) in [7, 11) is 0. The average molecular weight is 349 g/mol. The monoisotopic (exact) mass is 349 g/mol. The first-order chi connectivity index (χ1) is 12.7. The molecule has 4 aromatic rings. The highest BCUT2D eigenvalue weighted by Gasteiger charge is 2.10. The van der Waals surface area contributed by atoms with Crippen LogP contribution in [0.2, 0.25) is 0 Å². The summed E-state index contributed by atoms with van der Waals surface area (Å²) in [5.41, 5.74) is 1.79. The number of nitrogens with zero attached hydrogens (tertiary/aromatic N) is 2. The molecule has 6 heteroatoms. The summed E-state index contributed by atoms with van der Waals surface area (Å²) in [4.78, 5) is 8.70. The van der Waals surface area contributed by atoms with Gasteiger partial charge in [-0.05, 0) is 49.4 Å². The Balaban J connectivity index is 1.65. The Labute approximate surface area is 150 Å². The molecule has 0 radical (unpaired) electrons. The van der Waals surface area contributed by atoms with Crippen LogP contribution >= 0.6 is 0 Å². The highest BCUT2D eigenvalue weighted by atomic mass is 16.3. The molecule has 3 heterocycles. The van der Waals surface area contributed by atoms with Crippen LogP contribution in [0, 0.1) is 6.92 Å². The number of furan rings is 2. The van der Waals surface area contributed by atoms with E-state index in [9.17, 15) is 0 Å². The fourth-order valence-electron chi connectivity index (χ4n) is 2.88. The Bertz CT molecular complexity index is 1040. The molecule has 0 bridgehead atoms. The van der Waals surface area contributed by atoms with E-state index in [0.29, 0.717) is 13.0 Å². The van der Waals surface area contributed by atoms with E-state index in [1.165, 1.54) is 0 Å². The molecule has 4 rings (SSSR count). The van der Waals surface area contributed by atoms with Gasteiger partial charge in [0.1, 0.15) is 35.2 Å². The van der Waals surface area contributed by atoms with Crippen molar-refractivity contribution < 1.29 is 13.9 Å². The van der Waals surface area contributed by atoms with Crippen LogP contribution in [0.5, 0.6) is 0 Å². The van der Waals surface area contributed by atoms with E-state index >= 15 is 0 Å². The minimum absolute atomic E-state index is 0.0683. The van der Waals surface area contributed by atoms with Crippen molar-refractivity contribution in [3.05, 3.63) is 66.1 Å². The van der Waals surface area contributed by atoms with E-state index in [4.69, 9.17) is 13.9 Å². The number of hydrogen-bond donors (Lipinski definition) is 2. The van der Waals surface area contributed by atoms with E-state index in [1.807, 2.05) is 49.4 Å². The lowest BCUT2D eigenvalue weighted by Crippen LogP contribution is -2.01. The van der Waals surface area contributed by atoms with E-state index in [2.05, 4.69) is 15.3 Å². The third-order valence-electron chi connectivity index (χ3n) is 4.17. The molecule has 0 aliphatic carbocycles. The van der Waals surface area contributed by atoms with Gasteiger partial charge in [-0.25, -0.2) is 9.97 Å². The molecule has 0 atom stereocenters. The fourth-order valence-corrected chi connectivity index (χ4v) is 2.88. The zero-order valence-electron chi connectivity index (χ0n) is 14.4. The number of fused-ring (bicyclic) bond motifs is 1. The van der Waals surface area contributed by atoms with Crippen molar-refractivity contribution in [3.63, 3.8) is 0 Å². The van der Waals surface area contributed by atoms with E-state index < -0.39 is 0 Å². The van der Waals surface area contributed by atoms with Gasteiger partial charge in [0, 0.05) is 17.4 Å². The molecule has 0 fully saturated rings. The Morgan fingerprint density at radius 1 is 1.00 bits per heavy atom. The van der Waals surface area contributed by atoms with Crippen LogP contribution in [-0.4, -0.2) is 21.7 Å². The molecule has 0 aliphatic rings. The van der Waals surface area contributed by atoms with Gasteiger partial charge in [-0.2, -0.15) is 0 Å². The smallest absolute Gasteiger partial charge is 0.137 e. The summed E-state index contributed by atoms with van der Waals surface area (Å²) in [5, 5.41) is 13.3. The van der Waals surface area contributed by atoms with Gasteiger partial charge in [-0.15, -0.1) is 0 Å². The molecule has 0 amide bonds. The molecular formula is C20H19N3O3. The van der Waals surface area contributed by atoms with Gasteiger partial charge < -0.3 is 19.3 Å². The number of aromatic nitrogens is 2. The molecule has 0 aliphatic heterocycles. The summed E-state index contributed by atoms with van der Waals surface area (Å²) >= 11 is 0. The first-order valence-corrected chi connectivity index (χ1v) is 8.47. The zero-order chi connectivity index (χ0) is 17.9. The second-order valence-electron chi connectivity index (χ2n) is 6.06. The number of aliphatic hydroxyl groups is 1. The van der Waals surface area contributed by atoms with Crippen molar-refractivity contribution >= 4 is 16.7 Å². The van der Waals surface area contributed by atoms with E-state index in [0.717, 1.165) is 45.3 Å². The van der Waals surface area contributed by atoms with Crippen molar-refractivity contribution in [2.75, 3.05) is 11.9 Å². The van der Waals surface area contributed by atoms with Crippen LogP contribution in [0.4, 0.5) is 5.82 Å². The Hall–Kier alpha value is -3.12. The van der Waals surface area contributed by atoms with Crippen LogP contribution in [0.25, 0.3) is 22.2 Å². The SMILES string of the molecule is Cc1ccc(CNc2ncnc3ccc(-c4ccc(CCO)o4)cc23)o1. The summed E-state index contributed by atoms with van der Waals surface area (Å²) in [5.74, 6) is 4.00. The first kappa shape index (κ1) is 16.4. The molecule has 1 aromatic carbocycles. The number of aryl methyl sites for hydroxylation is 1. The summed E-state index contributed by atoms with van der Waals surface area (Å²) in [6.45, 7) is 2.54. The van der Waals surface area contributed by atoms with Crippen LogP contribution < -0.4 is 5.32 Å². The lowest BCUT2D eigenvalue weighted by atomic mass is 10.1. The maximum absolute atomic E-state index is 9.04. The maximum Gasteiger partial charge on any atom is 0.137 e. The summed E-state index contributed by atoms with van der Waals surface area (Å²) in [6.07, 6.45) is 2.05. The van der Waals surface area contributed by atoms with Crippen molar-refractivity contribution in [2.45, 2.75) is 19.9 Å². The van der Waals surface area contributed by atoms with Crippen LogP contribution in [0.1, 0.15) is 17.3 Å². The van der Waals surface area contributed by atoms with E-state index in [-0.39, 0.29) is 6.61 Å². The Morgan fingerprint density at radius 3 is 2.69 bits per heavy atom. The lowest BCUT2D eigenvalue weighted by molar-refractivity contribution is 0.288. The standard InChI is InChI=1S/C20H19N3O3/c1-13-2-4-16(25-13)11-21-20-17-10-14(3-6-18(17)22-12-23-20)19-7-5-15(26-19)8-9-24/h2-7,10,12,24H,8-9,11H2,1H3,(H,21,22,23).